The third-order valence-electron chi connectivity index (χ3n) is 1.95. The van der Waals surface area contributed by atoms with E-state index >= 15 is 0 Å². The first-order valence-electron chi connectivity index (χ1n) is 4.33. The Kier molecular flexibility index (Phi) is 2.87. The Balaban J connectivity index is 2.42. The lowest BCUT2D eigenvalue weighted by atomic mass is 10.2. The Morgan fingerprint density at radius 2 is 2.00 bits per heavy atom. The molecule has 0 radical (unpaired) electrons. The zero-order valence-corrected chi connectivity index (χ0v) is 9.31. The second kappa shape index (κ2) is 4.31. The van der Waals surface area contributed by atoms with Crippen molar-refractivity contribution in [1.29, 1.82) is 0 Å². The molecule has 0 fully saturated rings. The van der Waals surface area contributed by atoms with Crippen LogP contribution in [-0.2, 0) is 0 Å². The quantitative estimate of drug-likeness (QED) is 0.513. The van der Waals surface area contributed by atoms with Crippen LogP contribution in [0.25, 0.3) is 11.3 Å². The van der Waals surface area contributed by atoms with Gasteiger partial charge in [0, 0.05) is 10.0 Å². The van der Waals surface area contributed by atoms with Crippen molar-refractivity contribution in [2.24, 2.45) is 5.16 Å². The van der Waals surface area contributed by atoms with Gasteiger partial charge >= 0.3 is 0 Å². The van der Waals surface area contributed by atoms with E-state index in [9.17, 15) is 0 Å². The number of hydrogen-bond donors (Lipinski definition) is 1. The molecule has 1 aromatic carbocycles. The Bertz CT molecular complexity index is 491. The molecule has 0 amide bonds. The summed E-state index contributed by atoms with van der Waals surface area (Å²) in [6.07, 6.45) is 1.25. The largest absolute Gasteiger partial charge is 0.455 e. The highest BCUT2D eigenvalue weighted by Crippen LogP contribution is 2.28. The fourth-order valence-corrected chi connectivity index (χ4v) is 1.77. The van der Waals surface area contributed by atoms with Crippen LogP contribution in [0.15, 0.2) is 50.4 Å². The molecular formula is C11H8BrNO2. The Labute approximate surface area is 95.2 Å². The number of nitrogens with zero attached hydrogens (tertiary/aromatic N) is 1. The van der Waals surface area contributed by atoms with Gasteiger partial charge in [0.2, 0.25) is 0 Å². The van der Waals surface area contributed by atoms with Crippen molar-refractivity contribution in [2.75, 3.05) is 0 Å². The molecule has 0 spiro atoms. The van der Waals surface area contributed by atoms with Gasteiger partial charge in [-0.25, -0.2) is 0 Å². The molecule has 2 rings (SSSR count). The smallest absolute Gasteiger partial charge is 0.149 e. The number of rotatable bonds is 2. The van der Waals surface area contributed by atoms with Crippen molar-refractivity contribution in [2.45, 2.75) is 0 Å². The molecule has 76 valence electrons. The van der Waals surface area contributed by atoms with Crippen LogP contribution in [0.5, 0.6) is 0 Å². The van der Waals surface area contributed by atoms with Crippen molar-refractivity contribution in [1.82, 2.24) is 0 Å². The highest BCUT2D eigenvalue weighted by Gasteiger charge is 2.06. The minimum absolute atomic E-state index is 0.517. The van der Waals surface area contributed by atoms with Gasteiger partial charge in [0.25, 0.3) is 0 Å². The second-order valence-electron chi connectivity index (χ2n) is 2.93. The summed E-state index contributed by atoms with van der Waals surface area (Å²) in [6, 6.07) is 11.3. The molecule has 2 aromatic rings. The number of benzene rings is 1. The van der Waals surface area contributed by atoms with Crippen molar-refractivity contribution in [3.63, 3.8) is 0 Å². The fourth-order valence-electron chi connectivity index (χ4n) is 1.28. The zero-order valence-electron chi connectivity index (χ0n) is 7.72. The van der Waals surface area contributed by atoms with Crippen LogP contribution in [-0.4, -0.2) is 11.4 Å². The predicted molar refractivity (Wildman–Crippen MR) is 61.2 cm³/mol. The molecular weight excluding hydrogens is 258 g/mol. The van der Waals surface area contributed by atoms with Crippen LogP contribution in [0.3, 0.4) is 0 Å². The molecule has 1 aromatic heterocycles. The van der Waals surface area contributed by atoms with E-state index in [4.69, 9.17) is 9.62 Å². The van der Waals surface area contributed by atoms with Gasteiger partial charge in [-0.1, -0.05) is 39.3 Å². The molecule has 3 nitrogen and oxygen atoms in total. The summed E-state index contributed by atoms with van der Waals surface area (Å²) in [6.45, 7) is 0. The number of furan rings is 1. The zero-order chi connectivity index (χ0) is 10.7. The molecule has 0 saturated carbocycles. The van der Waals surface area contributed by atoms with E-state index < -0.39 is 0 Å². The van der Waals surface area contributed by atoms with E-state index in [0.29, 0.717) is 5.76 Å². The molecule has 0 bridgehead atoms. The number of oxime groups is 1. The van der Waals surface area contributed by atoms with Gasteiger partial charge in [-0.2, -0.15) is 0 Å². The van der Waals surface area contributed by atoms with E-state index in [1.165, 1.54) is 6.21 Å². The molecule has 0 aliphatic carbocycles. The Hall–Kier alpha value is -1.55. The van der Waals surface area contributed by atoms with Crippen molar-refractivity contribution in [3.8, 4) is 11.3 Å². The van der Waals surface area contributed by atoms with E-state index in [2.05, 4.69) is 21.1 Å². The van der Waals surface area contributed by atoms with Crippen LogP contribution in [0.4, 0.5) is 0 Å². The van der Waals surface area contributed by atoms with Gasteiger partial charge in [0.1, 0.15) is 17.7 Å². The summed E-state index contributed by atoms with van der Waals surface area (Å²) < 4.78 is 6.42. The minimum atomic E-state index is 0.517. The summed E-state index contributed by atoms with van der Waals surface area (Å²) in [4.78, 5) is 0. The van der Waals surface area contributed by atoms with Crippen LogP contribution < -0.4 is 0 Å². The van der Waals surface area contributed by atoms with Gasteiger partial charge in [0.15, 0.2) is 0 Å². The minimum Gasteiger partial charge on any atom is -0.455 e. The number of hydrogen-bond acceptors (Lipinski definition) is 3. The fraction of sp³-hybridized carbons (Fsp3) is 0. The van der Waals surface area contributed by atoms with Gasteiger partial charge in [-0.15, -0.1) is 0 Å². The normalized spacial score (nSPS) is 11.0. The average molecular weight is 266 g/mol. The summed E-state index contributed by atoms with van der Waals surface area (Å²) in [7, 11) is 0. The van der Waals surface area contributed by atoms with Gasteiger partial charge in [-0.3, -0.25) is 0 Å². The maximum absolute atomic E-state index is 8.35. The molecule has 0 aliphatic rings. The SMILES string of the molecule is O/N=C/c1ccc(-c2ccccc2Br)o1. The Morgan fingerprint density at radius 3 is 2.73 bits per heavy atom. The van der Waals surface area contributed by atoms with E-state index in [-0.39, 0.29) is 0 Å². The van der Waals surface area contributed by atoms with Crippen molar-refractivity contribution < 1.29 is 9.62 Å². The lowest BCUT2D eigenvalue weighted by molar-refractivity contribution is 0.321. The van der Waals surface area contributed by atoms with Gasteiger partial charge < -0.3 is 9.62 Å². The molecule has 0 saturated heterocycles. The molecule has 1 heterocycles. The maximum atomic E-state index is 8.35. The molecule has 0 aliphatic heterocycles. The topological polar surface area (TPSA) is 45.7 Å². The van der Waals surface area contributed by atoms with E-state index in [1.54, 1.807) is 6.07 Å². The van der Waals surface area contributed by atoms with Gasteiger partial charge in [-0.05, 0) is 18.2 Å². The molecule has 0 atom stereocenters. The van der Waals surface area contributed by atoms with Crippen LogP contribution in [0.2, 0.25) is 0 Å². The standard InChI is InChI=1S/C11H8BrNO2/c12-10-4-2-1-3-9(10)11-6-5-8(15-11)7-13-14/h1-7,14H/b13-7+. The molecule has 4 heteroatoms. The first-order chi connectivity index (χ1) is 7.31. The summed E-state index contributed by atoms with van der Waals surface area (Å²) in [5.74, 6) is 1.25. The first kappa shape index (κ1) is 9.98. The lowest BCUT2D eigenvalue weighted by Gasteiger charge is -1.98. The highest BCUT2D eigenvalue weighted by atomic mass is 79.9. The van der Waals surface area contributed by atoms with E-state index in [1.807, 2.05) is 30.3 Å². The van der Waals surface area contributed by atoms with E-state index in [0.717, 1.165) is 15.8 Å². The van der Waals surface area contributed by atoms with Crippen LogP contribution >= 0.6 is 15.9 Å². The maximum Gasteiger partial charge on any atom is 0.149 e. The van der Waals surface area contributed by atoms with Crippen molar-refractivity contribution >= 4 is 22.1 Å². The second-order valence-corrected chi connectivity index (χ2v) is 3.78. The average Bonchev–Trinajstić information content (AvgIpc) is 2.68. The lowest BCUT2D eigenvalue weighted by Crippen LogP contribution is -1.76. The Morgan fingerprint density at radius 1 is 1.20 bits per heavy atom. The monoisotopic (exact) mass is 265 g/mol. The first-order valence-corrected chi connectivity index (χ1v) is 5.13. The predicted octanol–water partition coefficient (Wildman–Crippen LogP) is 3.52. The number of halogens is 1. The van der Waals surface area contributed by atoms with Gasteiger partial charge in [0.05, 0.1) is 0 Å². The summed E-state index contributed by atoms with van der Waals surface area (Å²) >= 11 is 3.44. The molecule has 1 N–H and O–H groups in total. The van der Waals surface area contributed by atoms with Crippen LogP contribution in [0.1, 0.15) is 5.76 Å². The third-order valence-corrected chi connectivity index (χ3v) is 2.64. The van der Waals surface area contributed by atoms with Crippen LogP contribution in [0, 0.1) is 0 Å². The highest BCUT2D eigenvalue weighted by molar-refractivity contribution is 9.10. The summed E-state index contributed by atoms with van der Waals surface area (Å²) in [5, 5.41) is 11.3. The third kappa shape index (κ3) is 2.10. The molecule has 15 heavy (non-hydrogen) atoms. The summed E-state index contributed by atoms with van der Waals surface area (Å²) in [5.41, 5.74) is 0.968. The van der Waals surface area contributed by atoms with Crippen molar-refractivity contribution in [3.05, 3.63) is 46.6 Å². The molecule has 0 unspecified atom stereocenters.